The summed E-state index contributed by atoms with van der Waals surface area (Å²) >= 11 is 1.90. The van der Waals surface area contributed by atoms with Crippen molar-refractivity contribution in [2.45, 2.75) is 38.6 Å². The molecular formula is C20H25N3OS. The van der Waals surface area contributed by atoms with Gasteiger partial charge in [0, 0.05) is 29.7 Å². The molecule has 25 heavy (non-hydrogen) atoms. The second-order valence-electron chi connectivity index (χ2n) is 6.84. The number of hydrogen-bond donors (Lipinski definition) is 1. The van der Waals surface area contributed by atoms with E-state index in [-0.39, 0.29) is 0 Å². The molecule has 0 radical (unpaired) electrons. The van der Waals surface area contributed by atoms with Crippen LogP contribution < -0.4 is 10.1 Å². The molecule has 0 unspecified atom stereocenters. The number of unbranched alkanes of at least 4 members (excludes halogenated alkanes) is 1. The number of nitrogens with zero attached hydrogens (tertiary/aromatic N) is 2. The maximum absolute atomic E-state index is 5.84. The second kappa shape index (κ2) is 7.58. The summed E-state index contributed by atoms with van der Waals surface area (Å²) in [7, 11) is 0. The van der Waals surface area contributed by atoms with Crippen molar-refractivity contribution >= 4 is 17.2 Å². The van der Waals surface area contributed by atoms with E-state index in [2.05, 4.69) is 39.3 Å². The Labute approximate surface area is 153 Å². The van der Waals surface area contributed by atoms with Crippen LogP contribution in [-0.2, 0) is 19.4 Å². The number of fused-ring (bicyclic) bond motifs is 2. The fraction of sp³-hybridized carbons (Fsp3) is 0.450. The van der Waals surface area contributed by atoms with Crippen LogP contribution >= 0.6 is 11.3 Å². The van der Waals surface area contributed by atoms with Crippen molar-refractivity contribution in [3.63, 3.8) is 0 Å². The SMILES string of the molecule is C=C1CCc2ccc(OCCCCN3CCc4sccc4C3)nc2N1. The van der Waals surface area contributed by atoms with Crippen LogP contribution in [0.2, 0.25) is 0 Å². The Bertz CT molecular complexity index is 755. The Balaban J connectivity index is 1.19. The van der Waals surface area contributed by atoms with E-state index < -0.39 is 0 Å². The van der Waals surface area contributed by atoms with E-state index in [1.54, 1.807) is 4.88 Å². The average molecular weight is 356 g/mol. The summed E-state index contributed by atoms with van der Waals surface area (Å²) in [6.07, 6.45) is 5.43. The Morgan fingerprint density at radius 2 is 2.12 bits per heavy atom. The number of hydrogen-bond acceptors (Lipinski definition) is 5. The highest BCUT2D eigenvalue weighted by Crippen LogP contribution is 2.26. The van der Waals surface area contributed by atoms with Crippen molar-refractivity contribution in [3.05, 3.63) is 51.9 Å². The standard InChI is InChI=1S/C20H25N3OS/c1-15-4-5-16-6-7-19(22-20(16)21-15)24-12-3-2-10-23-11-8-18-17(14-23)9-13-25-18/h6-7,9,13H,1-5,8,10-12,14H2,(H,21,22). The predicted octanol–water partition coefficient (Wildman–Crippen LogP) is 4.23. The van der Waals surface area contributed by atoms with Crippen LogP contribution in [0, 0.1) is 0 Å². The minimum Gasteiger partial charge on any atom is -0.478 e. The summed E-state index contributed by atoms with van der Waals surface area (Å²) in [4.78, 5) is 8.70. The third kappa shape index (κ3) is 4.05. The van der Waals surface area contributed by atoms with Gasteiger partial charge in [0.05, 0.1) is 6.61 Å². The van der Waals surface area contributed by atoms with Gasteiger partial charge in [-0.2, -0.15) is 4.98 Å². The molecule has 0 saturated carbocycles. The lowest BCUT2D eigenvalue weighted by atomic mass is 10.1. The Morgan fingerprint density at radius 1 is 1.16 bits per heavy atom. The van der Waals surface area contributed by atoms with Crippen molar-refractivity contribution in [2.24, 2.45) is 0 Å². The molecule has 132 valence electrons. The normalized spacial score (nSPS) is 16.9. The quantitative estimate of drug-likeness (QED) is 0.787. The van der Waals surface area contributed by atoms with Gasteiger partial charge in [0.15, 0.2) is 0 Å². The van der Waals surface area contributed by atoms with E-state index in [0.717, 1.165) is 50.5 Å². The van der Waals surface area contributed by atoms with Crippen molar-refractivity contribution in [2.75, 3.05) is 25.0 Å². The van der Waals surface area contributed by atoms with Gasteiger partial charge in [-0.1, -0.05) is 6.58 Å². The first-order chi connectivity index (χ1) is 12.3. The van der Waals surface area contributed by atoms with Crippen molar-refractivity contribution in [1.29, 1.82) is 0 Å². The zero-order chi connectivity index (χ0) is 17.1. The second-order valence-corrected chi connectivity index (χ2v) is 7.84. The van der Waals surface area contributed by atoms with Crippen LogP contribution in [-0.4, -0.2) is 29.6 Å². The fourth-order valence-electron chi connectivity index (χ4n) is 3.49. The predicted molar refractivity (Wildman–Crippen MR) is 103 cm³/mol. The van der Waals surface area contributed by atoms with Gasteiger partial charge < -0.3 is 10.1 Å². The largest absolute Gasteiger partial charge is 0.478 e. The van der Waals surface area contributed by atoms with E-state index >= 15 is 0 Å². The van der Waals surface area contributed by atoms with E-state index in [1.807, 2.05) is 17.4 Å². The highest BCUT2D eigenvalue weighted by atomic mass is 32.1. The monoisotopic (exact) mass is 355 g/mol. The highest BCUT2D eigenvalue weighted by molar-refractivity contribution is 7.10. The highest BCUT2D eigenvalue weighted by Gasteiger charge is 2.16. The van der Waals surface area contributed by atoms with Crippen molar-refractivity contribution < 1.29 is 4.74 Å². The summed E-state index contributed by atoms with van der Waals surface area (Å²) < 4.78 is 5.84. The van der Waals surface area contributed by atoms with E-state index in [0.29, 0.717) is 5.88 Å². The molecule has 2 aliphatic heterocycles. The molecule has 0 saturated heterocycles. The first kappa shape index (κ1) is 16.6. The topological polar surface area (TPSA) is 37.4 Å². The Morgan fingerprint density at radius 3 is 3.08 bits per heavy atom. The summed E-state index contributed by atoms with van der Waals surface area (Å²) in [6.45, 7) is 8.17. The third-order valence-corrected chi connectivity index (χ3v) is 5.97. The molecule has 2 aromatic rings. The van der Waals surface area contributed by atoms with Gasteiger partial charge in [0.25, 0.3) is 0 Å². The molecule has 2 aliphatic rings. The van der Waals surface area contributed by atoms with Gasteiger partial charge in [0.1, 0.15) is 5.82 Å². The Hall–Kier alpha value is -1.85. The van der Waals surface area contributed by atoms with Crippen molar-refractivity contribution in [3.8, 4) is 5.88 Å². The molecule has 0 aliphatic carbocycles. The lowest BCUT2D eigenvalue weighted by Gasteiger charge is -2.26. The maximum Gasteiger partial charge on any atom is 0.215 e. The van der Waals surface area contributed by atoms with Gasteiger partial charge >= 0.3 is 0 Å². The fourth-order valence-corrected chi connectivity index (χ4v) is 4.38. The molecule has 0 bridgehead atoms. The molecule has 0 fully saturated rings. The van der Waals surface area contributed by atoms with E-state index in [1.165, 1.54) is 30.5 Å². The molecular weight excluding hydrogens is 330 g/mol. The minimum atomic E-state index is 0.710. The number of anilines is 1. The number of aryl methyl sites for hydroxylation is 1. The zero-order valence-corrected chi connectivity index (χ0v) is 15.4. The number of thiophene rings is 1. The lowest BCUT2D eigenvalue weighted by Crippen LogP contribution is -2.30. The maximum atomic E-state index is 5.84. The van der Waals surface area contributed by atoms with Gasteiger partial charge in [-0.3, -0.25) is 4.90 Å². The van der Waals surface area contributed by atoms with Gasteiger partial charge in [-0.15, -0.1) is 11.3 Å². The summed E-state index contributed by atoms with van der Waals surface area (Å²) in [6, 6.07) is 6.38. The van der Waals surface area contributed by atoms with Crippen LogP contribution in [0.1, 0.15) is 35.3 Å². The van der Waals surface area contributed by atoms with Crippen LogP contribution in [0.4, 0.5) is 5.82 Å². The third-order valence-electron chi connectivity index (χ3n) is 4.95. The smallest absolute Gasteiger partial charge is 0.215 e. The molecule has 0 atom stereocenters. The number of allylic oxidation sites excluding steroid dienone is 1. The molecule has 4 heterocycles. The molecule has 0 aromatic carbocycles. The van der Waals surface area contributed by atoms with Crippen LogP contribution in [0.5, 0.6) is 5.88 Å². The average Bonchev–Trinajstić information content (AvgIpc) is 3.09. The van der Waals surface area contributed by atoms with Crippen LogP contribution in [0.15, 0.2) is 35.9 Å². The van der Waals surface area contributed by atoms with Crippen molar-refractivity contribution in [1.82, 2.24) is 9.88 Å². The summed E-state index contributed by atoms with van der Waals surface area (Å²) in [5.74, 6) is 1.62. The van der Waals surface area contributed by atoms with Crippen LogP contribution in [0.3, 0.4) is 0 Å². The molecule has 4 nitrogen and oxygen atoms in total. The molecule has 1 N–H and O–H groups in total. The van der Waals surface area contributed by atoms with Gasteiger partial charge in [-0.05, 0) is 67.3 Å². The van der Waals surface area contributed by atoms with Gasteiger partial charge in [-0.25, -0.2) is 0 Å². The number of rotatable bonds is 6. The number of pyridine rings is 1. The summed E-state index contributed by atoms with van der Waals surface area (Å²) in [5, 5.41) is 5.48. The first-order valence-electron chi connectivity index (χ1n) is 9.13. The minimum absolute atomic E-state index is 0.710. The van der Waals surface area contributed by atoms with Crippen LogP contribution in [0.25, 0.3) is 0 Å². The molecule has 0 spiro atoms. The molecule has 2 aromatic heterocycles. The first-order valence-corrected chi connectivity index (χ1v) is 10.0. The summed E-state index contributed by atoms with van der Waals surface area (Å²) in [5.41, 5.74) is 3.81. The molecule has 0 amide bonds. The lowest BCUT2D eigenvalue weighted by molar-refractivity contribution is 0.234. The van der Waals surface area contributed by atoms with E-state index in [4.69, 9.17) is 4.74 Å². The molecule has 5 heteroatoms. The van der Waals surface area contributed by atoms with Gasteiger partial charge in [0.2, 0.25) is 5.88 Å². The molecule has 4 rings (SSSR count). The number of nitrogens with one attached hydrogen (secondary N) is 1. The zero-order valence-electron chi connectivity index (χ0n) is 14.6. The number of ether oxygens (including phenoxy) is 1. The van der Waals surface area contributed by atoms with E-state index in [9.17, 15) is 0 Å². The number of aromatic nitrogens is 1. The Kier molecular flexibility index (Phi) is 5.04.